The first kappa shape index (κ1) is 23.0. The number of fused-ring (bicyclic) bond motifs is 1. The van der Waals surface area contributed by atoms with Crippen LogP contribution in [-0.2, 0) is 17.8 Å². The molecule has 2 atom stereocenters. The van der Waals surface area contributed by atoms with Crippen molar-refractivity contribution >= 4 is 11.8 Å². The molecule has 35 heavy (non-hydrogen) atoms. The van der Waals surface area contributed by atoms with Crippen LogP contribution in [0.4, 0.5) is 0 Å². The van der Waals surface area contributed by atoms with Crippen molar-refractivity contribution in [3.8, 4) is 11.5 Å². The Bertz CT molecular complexity index is 1240. The van der Waals surface area contributed by atoms with Crippen molar-refractivity contribution in [1.29, 1.82) is 0 Å². The zero-order chi connectivity index (χ0) is 24.4. The van der Waals surface area contributed by atoms with Crippen LogP contribution in [0.5, 0.6) is 11.5 Å². The van der Waals surface area contributed by atoms with Crippen molar-refractivity contribution in [3.05, 3.63) is 95.1 Å². The van der Waals surface area contributed by atoms with Crippen LogP contribution in [0.1, 0.15) is 33.0 Å². The maximum atomic E-state index is 13.9. The summed E-state index contributed by atoms with van der Waals surface area (Å²) in [5.74, 6) is 0.979. The lowest BCUT2D eigenvalue weighted by Gasteiger charge is -2.32. The van der Waals surface area contributed by atoms with Crippen LogP contribution < -0.4 is 9.47 Å². The van der Waals surface area contributed by atoms with E-state index in [2.05, 4.69) is 12.1 Å². The van der Waals surface area contributed by atoms with Gasteiger partial charge in [0, 0.05) is 37.7 Å². The van der Waals surface area contributed by atoms with E-state index in [1.54, 1.807) is 31.3 Å². The Morgan fingerprint density at radius 3 is 2.29 bits per heavy atom. The lowest BCUT2D eigenvalue weighted by atomic mass is 9.87. The molecule has 1 saturated heterocycles. The number of ether oxygens (including phenoxy) is 2. The van der Waals surface area contributed by atoms with E-state index < -0.39 is 0 Å². The lowest BCUT2D eigenvalue weighted by Crippen LogP contribution is -2.42. The average molecular weight is 471 g/mol. The van der Waals surface area contributed by atoms with Gasteiger partial charge in [-0.1, -0.05) is 42.5 Å². The summed E-state index contributed by atoms with van der Waals surface area (Å²) in [6.45, 7) is 2.17. The summed E-state index contributed by atoms with van der Waals surface area (Å²) < 4.78 is 10.8. The third-order valence-electron chi connectivity index (χ3n) is 7.21. The lowest BCUT2D eigenvalue weighted by molar-refractivity contribution is -0.136. The summed E-state index contributed by atoms with van der Waals surface area (Å²) in [6, 6.07) is 23.3. The Morgan fingerprint density at radius 2 is 1.51 bits per heavy atom. The van der Waals surface area contributed by atoms with Gasteiger partial charge in [-0.25, -0.2) is 0 Å². The predicted molar refractivity (Wildman–Crippen MR) is 134 cm³/mol. The molecule has 2 aliphatic heterocycles. The molecule has 2 aliphatic rings. The fourth-order valence-electron chi connectivity index (χ4n) is 5.29. The molecule has 2 unspecified atom stereocenters. The predicted octanol–water partition coefficient (Wildman–Crippen LogP) is 4.14. The second-order valence-corrected chi connectivity index (χ2v) is 9.21. The average Bonchev–Trinajstić information content (AvgIpc) is 3.37. The SMILES string of the molecule is COc1cccc(C(=O)N2CC(C(=O)N3CCc4ccccc4C3)C(c3cccc(OC)c3)C2)c1. The first-order valence-electron chi connectivity index (χ1n) is 12.0. The van der Waals surface area contributed by atoms with Crippen molar-refractivity contribution in [2.75, 3.05) is 33.9 Å². The number of hydrogen-bond acceptors (Lipinski definition) is 4. The number of methoxy groups -OCH3 is 2. The molecule has 2 heterocycles. The fraction of sp³-hybridized carbons (Fsp3) is 0.310. The summed E-state index contributed by atoms with van der Waals surface area (Å²) >= 11 is 0. The number of carbonyl (C=O) groups is 2. The molecule has 0 N–H and O–H groups in total. The van der Waals surface area contributed by atoms with Crippen molar-refractivity contribution in [2.45, 2.75) is 18.9 Å². The highest BCUT2D eigenvalue weighted by Crippen LogP contribution is 2.37. The minimum atomic E-state index is -0.318. The van der Waals surface area contributed by atoms with E-state index >= 15 is 0 Å². The minimum absolute atomic E-state index is 0.0870. The van der Waals surface area contributed by atoms with E-state index in [1.807, 2.05) is 53.4 Å². The molecular weight excluding hydrogens is 440 g/mol. The smallest absolute Gasteiger partial charge is 0.254 e. The molecule has 0 spiro atoms. The molecular formula is C29H30N2O4. The van der Waals surface area contributed by atoms with Gasteiger partial charge < -0.3 is 19.3 Å². The summed E-state index contributed by atoms with van der Waals surface area (Å²) in [4.78, 5) is 31.1. The normalized spacial score (nSPS) is 19.3. The Balaban J connectivity index is 1.43. The first-order valence-corrected chi connectivity index (χ1v) is 12.0. The number of nitrogens with zero attached hydrogens (tertiary/aromatic N) is 2. The molecule has 3 aromatic rings. The van der Waals surface area contributed by atoms with Crippen LogP contribution in [0.3, 0.4) is 0 Å². The van der Waals surface area contributed by atoms with Crippen LogP contribution in [0, 0.1) is 5.92 Å². The third-order valence-corrected chi connectivity index (χ3v) is 7.21. The standard InChI is InChI=1S/C29H30N2O4/c1-34-24-11-5-9-21(15-24)26-18-31(28(32)22-10-6-12-25(16-22)35-2)19-27(26)29(33)30-14-13-20-7-3-4-8-23(20)17-30/h3-12,15-16,26-27H,13-14,17-19H2,1-2H3. The number of likely N-dealkylation sites (tertiary alicyclic amines) is 1. The Kier molecular flexibility index (Phi) is 6.45. The van der Waals surface area contributed by atoms with Gasteiger partial charge in [0.2, 0.25) is 5.91 Å². The molecule has 0 radical (unpaired) electrons. The number of hydrogen-bond donors (Lipinski definition) is 0. The molecule has 5 rings (SSSR count). The van der Waals surface area contributed by atoms with Gasteiger partial charge >= 0.3 is 0 Å². The van der Waals surface area contributed by atoms with Crippen molar-refractivity contribution < 1.29 is 19.1 Å². The van der Waals surface area contributed by atoms with Gasteiger partial charge in [-0.3, -0.25) is 9.59 Å². The molecule has 3 aromatic carbocycles. The van der Waals surface area contributed by atoms with E-state index in [1.165, 1.54) is 11.1 Å². The van der Waals surface area contributed by atoms with Gasteiger partial charge in [0.25, 0.3) is 5.91 Å². The summed E-state index contributed by atoms with van der Waals surface area (Å²) in [7, 11) is 3.23. The second kappa shape index (κ2) is 9.82. The van der Waals surface area contributed by atoms with Gasteiger partial charge in [0.1, 0.15) is 11.5 Å². The summed E-state index contributed by atoms with van der Waals surface area (Å²) in [6.07, 6.45) is 0.852. The van der Waals surface area contributed by atoms with Crippen molar-refractivity contribution in [1.82, 2.24) is 9.80 Å². The molecule has 0 aromatic heterocycles. The van der Waals surface area contributed by atoms with Gasteiger partial charge in [0.05, 0.1) is 20.1 Å². The Labute approximate surface area is 206 Å². The van der Waals surface area contributed by atoms with Crippen LogP contribution in [0.15, 0.2) is 72.8 Å². The number of benzene rings is 3. The molecule has 1 fully saturated rings. The largest absolute Gasteiger partial charge is 0.497 e. The highest BCUT2D eigenvalue weighted by molar-refractivity contribution is 5.95. The van der Waals surface area contributed by atoms with Gasteiger partial charge in [0.15, 0.2) is 0 Å². The Hall–Kier alpha value is -3.80. The van der Waals surface area contributed by atoms with E-state index in [9.17, 15) is 9.59 Å². The molecule has 0 saturated carbocycles. The van der Waals surface area contributed by atoms with E-state index in [-0.39, 0.29) is 23.7 Å². The fourth-order valence-corrected chi connectivity index (χ4v) is 5.29. The topological polar surface area (TPSA) is 59.1 Å². The van der Waals surface area contributed by atoms with Gasteiger partial charge in [-0.15, -0.1) is 0 Å². The highest BCUT2D eigenvalue weighted by Gasteiger charge is 2.42. The number of amides is 2. The minimum Gasteiger partial charge on any atom is -0.497 e. The van der Waals surface area contributed by atoms with Crippen LogP contribution >= 0.6 is 0 Å². The summed E-state index contributed by atoms with van der Waals surface area (Å²) in [5, 5.41) is 0. The third kappa shape index (κ3) is 4.61. The molecule has 0 bridgehead atoms. The highest BCUT2D eigenvalue weighted by atomic mass is 16.5. The van der Waals surface area contributed by atoms with E-state index in [4.69, 9.17) is 9.47 Å². The van der Waals surface area contributed by atoms with Gasteiger partial charge in [-0.2, -0.15) is 0 Å². The molecule has 6 heteroatoms. The van der Waals surface area contributed by atoms with Gasteiger partial charge in [-0.05, 0) is 53.4 Å². The zero-order valence-electron chi connectivity index (χ0n) is 20.1. The zero-order valence-corrected chi connectivity index (χ0v) is 20.1. The Morgan fingerprint density at radius 1 is 0.800 bits per heavy atom. The monoisotopic (exact) mass is 470 g/mol. The maximum Gasteiger partial charge on any atom is 0.254 e. The maximum absolute atomic E-state index is 13.9. The van der Waals surface area contributed by atoms with Crippen molar-refractivity contribution in [3.63, 3.8) is 0 Å². The number of carbonyl (C=O) groups excluding carboxylic acids is 2. The molecule has 0 aliphatic carbocycles. The number of rotatable bonds is 5. The van der Waals surface area contributed by atoms with E-state index in [0.717, 1.165) is 17.7 Å². The molecule has 180 valence electrons. The quantitative estimate of drug-likeness (QED) is 0.562. The first-order chi connectivity index (χ1) is 17.1. The van der Waals surface area contributed by atoms with Crippen molar-refractivity contribution in [2.24, 2.45) is 5.92 Å². The molecule has 6 nitrogen and oxygen atoms in total. The van der Waals surface area contributed by atoms with E-state index in [0.29, 0.717) is 37.5 Å². The van der Waals surface area contributed by atoms with Crippen LogP contribution in [0.25, 0.3) is 0 Å². The molecule has 2 amide bonds. The second-order valence-electron chi connectivity index (χ2n) is 9.21. The summed E-state index contributed by atoms with van der Waals surface area (Å²) in [5.41, 5.74) is 4.09. The van der Waals surface area contributed by atoms with Crippen LogP contribution in [0.2, 0.25) is 0 Å². The van der Waals surface area contributed by atoms with Crippen LogP contribution in [-0.4, -0.2) is 55.5 Å².